The first-order valence-electron chi connectivity index (χ1n) is 9.03. The number of carbonyl (C=O) groups excluding carboxylic acids is 4. The van der Waals surface area contributed by atoms with E-state index in [1.165, 1.54) is 9.80 Å². The van der Waals surface area contributed by atoms with Crippen LogP contribution in [0.15, 0.2) is 0 Å². The van der Waals surface area contributed by atoms with Gasteiger partial charge in [0.15, 0.2) is 0 Å². The Labute approximate surface area is 169 Å². The van der Waals surface area contributed by atoms with Crippen LogP contribution in [0.3, 0.4) is 0 Å². The highest BCUT2D eigenvalue weighted by molar-refractivity contribution is 6.19. The van der Waals surface area contributed by atoms with Crippen LogP contribution in [-0.4, -0.2) is 86.1 Å². The number of hydrogen-bond acceptors (Lipinski definition) is 4. The molecule has 0 aliphatic carbocycles. The van der Waals surface area contributed by atoms with Gasteiger partial charge in [0.2, 0.25) is 0 Å². The number of hydrogen-bond donors (Lipinski definition) is 0. The van der Waals surface area contributed by atoms with E-state index in [0.717, 1.165) is 9.80 Å². The Hall–Kier alpha value is -1.54. The lowest BCUT2D eigenvalue weighted by molar-refractivity contribution is -0.134. The van der Waals surface area contributed by atoms with Crippen molar-refractivity contribution in [2.75, 3.05) is 31.5 Å². The molecule has 0 saturated carbocycles. The van der Waals surface area contributed by atoms with Crippen LogP contribution in [-0.2, 0) is 9.59 Å². The van der Waals surface area contributed by atoms with Gasteiger partial charge in [-0.1, -0.05) is 13.8 Å². The van der Waals surface area contributed by atoms with Gasteiger partial charge in [-0.15, -0.1) is 23.2 Å². The third-order valence-electron chi connectivity index (χ3n) is 5.80. The van der Waals surface area contributed by atoms with Crippen LogP contribution < -0.4 is 0 Å². The molecule has 2 atom stereocenters. The maximum Gasteiger partial charge on any atom is 0.329 e. The summed E-state index contributed by atoms with van der Waals surface area (Å²) in [5.74, 6) is -0.431. The van der Waals surface area contributed by atoms with Crippen LogP contribution >= 0.6 is 23.2 Å². The van der Waals surface area contributed by atoms with E-state index in [1.54, 1.807) is 27.7 Å². The molecule has 2 aliphatic heterocycles. The second-order valence-corrected chi connectivity index (χ2v) is 7.86. The van der Waals surface area contributed by atoms with Crippen molar-refractivity contribution >= 4 is 47.1 Å². The minimum Gasteiger partial charge on any atom is -0.292 e. The summed E-state index contributed by atoms with van der Waals surface area (Å²) in [6, 6.07) is -1.00. The average Bonchev–Trinajstić information content (AvgIpc) is 2.94. The van der Waals surface area contributed by atoms with Gasteiger partial charge in [0, 0.05) is 24.8 Å². The summed E-state index contributed by atoms with van der Waals surface area (Å²) < 4.78 is 0. The van der Waals surface area contributed by atoms with Crippen molar-refractivity contribution in [1.82, 2.24) is 19.6 Å². The first-order chi connectivity index (χ1) is 12.6. The molecule has 2 unspecified atom stereocenters. The Balaban J connectivity index is 2.40. The van der Waals surface area contributed by atoms with Crippen LogP contribution in [0.4, 0.5) is 9.59 Å². The second-order valence-electron chi connectivity index (χ2n) is 7.11. The zero-order valence-electron chi connectivity index (χ0n) is 16.1. The lowest BCUT2D eigenvalue weighted by Gasteiger charge is -2.38. The van der Waals surface area contributed by atoms with Crippen LogP contribution in [0.2, 0.25) is 0 Å². The number of halogens is 2. The molecular formula is C17H26Cl2N4O4. The molecule has 0 aromatic carbocycles. The van der Waals surface area contributed by atoms with Gasteiger partial charge in [-0.2, -0.15) is 0 Å². The molecule has 0 radical (unpaired) electrons. The molecule has 6 amide bonds. The Kier molecular flexibility index (Phi) is 6.31. The first-order valence-corrected chi connectivity index (χ1v) is 10.1. The number of carbonyl (C=O) groups is 4. The van der Waals surface area contributed by atoms with Crippen LogP contribution in [0.5, 0.6) is 0 Å². The van der Waals surface area contributed by atoms with Crippen molar-refractivity contribution in [3.8, 4) is 0 Å². The normalized spacial score (nSPS) is 29.0. The molecule has 27 heavy (non-hydrogen) atoms. The molecule has 2 fully saturated rings. The van der Waals surface area contributed by atoms with Crippen molar-refractivity contribution in [2.24, 2.45) is 0 Å². The number of rotatable bonds is 8. The maximum atomic E-state index is 12.9. The Morgan fingerprint density at radius 1 is 0.741 bits per heavy atom. The lowest BCUT2D eigenvalue weighted by atomic mass is 9.95. The van der Waals surface area contributed by atoms with E-state index >= 15 is 0 Å². The fourth-order valence-electron chi connectivity index (χ4n) is 3.52. The van der Waals surface area contributed by atoms with Crippen molar-refractivity contribution in [2.45, 2.75) is 51.6 Å². The molecule has 2 rings (SSSR count). The van der Waals surface area contributed by atoms with E-state index in [4.69, 9.17) is 23.2 Å². The fraction of sp³-hybridized carbons (Fsp3) is 0.765. The van der Waals surface area contributed by atoms with Gasteiger partial charge in [0.1, 0.15) is 17.7 Å². The first kappa shape index (κ1) is 21.8. The van der Waals surface area contributed by atoms with E-state index in [2.05, 4.69) is 0 Å². The number of alkyl halides is 2. The summed E-state index contributed by atoms with van der Waals surface area (Å²) >= 11 is 11.5. The van der Waals surface area contributed by atoms with Gasteiger partial charge in [-0.25, -0.2) is 9.59 Å². The quantitative estimate of drug-likeness (QED) is 0.445. The van der Waals surface area contributed by atoms with Crippen molar-refractivity contribution < 1.29 is 19.2 Å². The summed E-state index contributed by atoms with van der Waals surface area (Å²) in [5.41, 5.74) is -2.19. The molecular weight excluding hydrogens is 395 g/mol. The number of nitrogens with zero attached hydrogens (tertiary/aromatic N) is 4. The van der Waals surface area contributed by atoms with E-state index in [0.29, 0.717) is 12.8 Å². The smallest absolute Gasteiger partial charge is 0.292 e. The van der Waals surface area contributed by atoms with Crippen LogP contribution in [0.1, 0.15) is 40.5 Å². The summed E-state index contributed by atoms with van der Waals surface area (Å²) in [6.07, 6.45) is 0.751. The van der Waals surface area contributed by atoms with Gasteiger partial charge in [-0.3, -0.25) is 29.2 Å². The van der Waals surface area contributed by atoms with E-state index in [-0.39, 0.29) is 43.3 Å². The number of amides is 6. The summed E-state index contributed by atoms with van der Waals surface area (Å²) in [6.45, 7) is 6.99. The van der Waals surface area contributed by atoms with Crippen molar-refractivity contribution in [1.29, 1.82) is 0 Å². The predicted octanol–water partition coefficient (Wildman–Crippen LogP) is 2.29. The molecule has 0 bridgehead atoms. The van der Waals surface area contributed by atoms with E-state index in [1.807, 2.05) is 0 Å². The lowest BCUT2D eigenvalue weighted by Crippen LogP contribution is -2.56. The fourth-order valence-corrected chi connectivity index (χ4v) is 3.86. The third kappa shape index (κ3) is 3.16. The minimum atomic E-state index is -1.10. The van der Waals surface area contributed by atoms with Gasteiger partial charge in [0.05, 0.1) is 0 Å². The minimum absolute atomic E-state index is 0.0988. The van der Waals surface area contributed by atoms with Crippen molar-refractivity contribution in [3.63, 3.8) is 0 Å². The topological polar surface area (TPSA) is 81.2 Å². The molecule has 10 heteroatoms. The highest BCUT2D eigenvalue weighted by Gasteiger charge is 2.58. The Morgan fingerprint density at radius 3 is 1.33 bits per heavy atom. The highest BCUT2D eigenvalue weighted by atomic mass is 35.5. The summed E-state index contributed by atoms with van der Waals surface area (Å²) in [7, 11) is 0. The summed E-state index contributed by atoms with van der Waals surface area (Å²) in [5, 5.41) is 0. The molecule has 2 aliphatic rings. The van der Waals surface area contributed by atoms with Gasteiger partial charge >= 0.3 is 12.1 Å². The molecule has 2 saturated heterocycles. The molecule has 0 aromatic heterocycles. The molecule has 0 spiro atoms. The summed E-state index contributed by atoms with van der Waals surface area (Å²) in [4.78, 5) is 56.3. The van der Waals surface area contributed by atoms with Crippen molar-refractivity contribution in [3.05, 3.63) is 0 Å². The van der Waals surface area contributed by atoms with Gasteiger partial charge in [-0.05, 0) is 26.7 Å². The Bertz CT molecular complexity index is 607. The second kappa shape index (κ2) is 7.83. The zero-order valence-corrected chi connectivity index (χ0v) is 17.6. The standard InChI is InChI=1S/C17H26Cl2N4O4/c1-5-16(3)12(24)20(9-7-18)14(26)22(16)11-23-15(27)21(10-8-19)13(25)17(23,4)6-2/h5-11H2,1-4H3. The monoisotopic (exact) mass is 420 g/mol. The predicted molar refractivity (Wildman–Crippen MR) is 102 cm³/mol. The Morgan fingerprint density at radius 2 is 1.07 bits per heavy atom. The molecule has 2 heterocycles. The van der Waals surface area contributed by atoms with E-state index in [9.17, 15) is 19.2 Å². The third-order valence-corrected chi connectivity index (χ3v) is 6.14. The van der Waals surface area contributed by atoms with Crippen LogP contribution in [0.25, 0.3) is 0 Å². The molecule has 0 N–H and O–H groups in total. The zero-order chi connectivity index (χ0) is 20.6. The average molecular weight is 421 g/mol. The largest absolute Gasteiger partial charge is 0.329 e. The highest BCUT2D eigenvalue weighted by Crippen LogP contribution is 2.36. The van der Waals surface area contributed by atoms with Crippen LogP contribution in [0, 0.1) is 0 Å². The molecule has 0 aromatic rings. The number of imide groups is 2. The maximum absolute atomic E-state index is 12.9. The SMILES string of the molecule is CCC1(C)C(=O)N(CCCl)C(=O)N1CN1C(=O)N(CCCl)C(=O)C1(C)CC. The number of urea groups is 2. The molecule has 152 valence electrons. The van der Waals surface area contributed by atoms with Gasteiger partial charge in [0.25, 0.3) is 11.8 Å². The molecule has 8 nitrogen and oxygen atoms in total. The van der Waals surface area contributed by atoms with E-state index < -0.39 is 23.1 Å². The van der Waals surface area contributed by atoms with Gasteiger partial charge < -0.3 is 0 Å².